The molecule has 1 amide bonds. The highest BCUT2D eigenvalue weighted by Crippen LogP contribution is 2.13. The quantitative estimate of drug-likeness (QED) is 0.639. The van der Waals surface area contributed by atoms with Crippen LogP contribution in [-0.4, -0.2) is 30.2 Å². The van der Waals surface area contributed by atoms with Crippen molar-refractivity contribution in [2.75, 3.05) is 13.2 Å². The van der Waals surface area contributed by atoms with Gasteiger partial charge in [-0.2, -0.15) is 0 Å². The smallest absolute Gasteiger partial charge is 0.303 e. The Morgan fingerprint density at radius 1 is 0.885 bits per heavy atom. The van der Waals surface area contributed by atoms with Crippen LogP contribution >= 0.6 is 0 Å². The number of benzene rings is 2. The highest BCUT2D eigenvalue weighted by Gasteiger charge is 2.05. The molecule has 6 nitrogen and oxygen atoms in total. The van der Waals surface area contributed by atoms with Gasteiger partial charge in [0.2, 0.25) is 5.91 Å². The van der Waals surface area contributed by atoms with Gasteiger partial charge in [0.05, 0.1) is 6.42 Å². The minimum absolute atomic E-state index is 0.0164. The van der Waals surface area contributed by atoms with Crippen LogP contribution in [0.25, 0.3) is 0 Å². The SMILES string of the molecule is Cc1ccc(OCCOc2ccc(CNC(=O)CCC(=O)O)cc2)cc1. The molecule has 138 valence electrons. The number of hydrogen-bond donors (Lipinski definition) is 2. The van der Waals surface area contributed by atoms with Crippen molar-refractivity contribution in [3.05, 3.63) is 59.7 Å². The number of ether oxygens (including phenoxy) is 2. The summed E-state index contributed by atoms with van der Waals surface area (Å²) in [5, 5.41) is 11.2. The number of nitrogens with one attached hydrogen (secondary N) is 1. The summed E-state index contributed by atoms with van der Waals surface area (Å²) in [7, 11) is 0. The van der Waals surface area contributed by atoms with E-state index in [1.807, 2.05) is 55.5 Å². The average molecular weight is 357 g/mol. The van der Waals surface area contributed by atoms with E-state index in [2.05, 4.69) is 5.32 Å². The van der Waals surface area contributed by atoms with Crippen LogP contribution < -0.4 is 14.8 Å². The van der Waals surface area contributed by atoms with Gasteiger partial charge in [-0.15, -0.1) is 0 Å². The van der Waals surface area contributed by atoms with Crippen molar-refractivity contribution in [2.24, 2.45) is 0 Å². The highest BCUT2D eigenvalue weighted by atomic mass is 16.5. The Morgan fingerprint density at radius 3 is 1.96 bits per heavy atom. The number of carboxylic acid groups (broad SMARTS) is 1. The molecule has 0 aliphatic heterocycles. The number of aliphatic carboxylic acids is 1. The molecule has 0 aromatic heterocycles. The molecule has 0 aliphatic rings. The summed E-state index contributed by atoms with van der Waals surface area (Å²) in [6.07, 6.45) is -0.180. The zero-order chi connectivity index (χ0) is 18.8. The first-order chi connectivity index (χ1) is 12.5. The van der Waals surface area contributed by atoms with E-state index in [4.69, 9.17) is 14.6 Å². The summed E-state index contributed by atoms with van der Waals surface area (Å²) in [5.74, 6) is 0.278. The van der Waals surface area contributed by atoms with Gasteiger partial charge in [0, 0.05) is 13.0 Å². The lowest BCUT2D eigenvalue weighted by Crippen LogP contribution is -2.23. The third-order valence-electron chi connectivity index (χ3n) is 3.62. The Bertz CT molecular complexity index is 710. The normalized spacial score (nSPS) is 10.2. The van der Waals surface area contributed by atoms with Crippen molar-refractivity contribution in [1.29, 1.82) is 0 Å². The fourth-order valence-corrected chi connectivity index (χ4v) is 2.17. The van der Waals surface area contributed by atoms with E-state index >= 15 is 0 Å². The standard InChI is InChI=1S/C20H23NO5/c1-15-2-6-17(7-3-15)25-12-13-26-18-8-4-16(5-9-18)14-21-19(22)10-11-20(23)24/h2-9H,10-14H2,1H3,(H,21,22)(H,23,24). The average Bonchev–Trinajstić information content (AvgIpc) is 2.64. The van der Waals surface area contributed by atoms with Crippen LogP contribution in [0, 0.1) is 6.92 Å². The van der Waals surface area contributed by atoms with Gasteiger partial charge in [-0.25, -0.2) is 0 Å². The second kappa shape index (κ2) is 10.1. The Labute approximate surface area is 152 Å². The fourth-order valence-electron chi connectivity index (χ4n) is 2.17. The molecule has 0 spiro atoms. The molecule has 2 aromatic carbocycles. The van der Waals surface area contributed by atoms with Gasteiger partial charge >= 0.3 is 5.97 Å². The fraction of sp³-hybridized carbons (Fsp3) is 0.300. The van der Waals surface area contributed by atoms with E-state index in [1.165, 1.54) is 5.56 Å². The van der Waals surface area contributed by atoms with Crippen LogP contribution in [-0.2, 0) is 16.1 Å². The minimum atomic E-state index is -0.979. The highest BCUT2D eigenvalue weighted by molar-refractivity contribution is 5.80. The maximum Gasteiger partial charge on any atom is 0.303 e. The van der Waals surface area contributed by atoms with Gasteiger partial charge in [0.1, 0.15) is 24.7 Å². The molecule has 0 unspecified atom stereocenters. The molecule has 0 fully saturated rings. The Balaban J connectivity index is 1.66. The molecule has 0 radical (unpaired) electrons. The predicted molar refractivity (Wildman–Crippen MR) is 97.3 cm³/mol. The zero-order valence-corrected chi connectivity index (χ0v) is 14.7. The number of carbonyl (C=O) groups excluding carboxylic acids is 1. The van der Waals surface area contributed by atoms with Crippen molar-refractivity contribution < 1.29 is 24.2 Å². The van der Waals surface area contributed by atoms with Gasteiger partial charge in [-0.3, -0.25) is 9.59 Å². The molecule has 2 aromatic rings. The Kier molecular flexibility index (Phi) is 7.49. The lowest BCUT2D eigenvalue weighted by atomic mass is 10.2. The molecule has 0 aliphatic carbocycles. The lowest BCUT2D eigenvalue weighted by Gasteiger charge is -2.09. The summed E-state index contributed by atoms with van der Waals surface area (Å²) in [6.45, 7) is 3.26. The van der Waals surface area contributed by atoms with Gasteiger partial charge in [0.25, 0.3) is 0 Å². The maximum absolute atomic E-state index is 11.5. The molecule has 26 heavy (non-hydrogen) atoms. The summed E-state index contributed by atoms with van der Waals surface area (Å²) in [4.78, 5) is 21.9. The van der Waals surface area contributed by atoms with E-state index in [9.17, 15) is 9.59 Å². The molecule has 2 N–H and O–H groups in total. The first kappa shape index (κ1) is 19.3. The molecule has 0 atom stereocenters. The number of hydrogen-bond acceptors (Lipinski definition) is 4. The molecular formula is C20H23NO5. The van der Waals surface area contributed by atoms with Crippen LogP contribution in [0.15, 0.2) is 48.5 Å². The maximum atomic E-state index is 11.5. The molecule has 0 saturated carbocycles. The van der Waals surface area contributed by atoms with Crippen LogP contribution in [0.5, 0.6) is 11.5 Å². The summed E-state index contributed by atoms with van der Waals surface area (Å²) in [5.41, 5.74) is 2.10. The molecule has 0 bridgehead atoms. The van der Waals surface area contributed by atoms with Crippen molar-refractivity contribution in [1.82, 2.24) is 5.32 Å². The van der Waals surface area contributed by atoms with Gasteiger partial charge in [-0.1, -0.05) is 29.8 Å². The number of carboxylic acids is 1. The summed E-state index contributed by atoms with van der Waals surface area (Å²) < 4.78 is 11.2. The number of carbonyl (C=O) groups is 2. The molecule has 0 heterocycles. The van der Waals surface area contributed by atoms with Crippen LogP contribution in [0.3, 0.4) is 0 Å². The number of amides is 1. The van der Waals surface area contributed by atoms with Crippen molar-refractivity contribution in [3.8, 4) is 11.5 Å². The van der Waals surface area contributed by atoms with E-state index in [0.717, 1.165) is 17.1 Å². The zero-order valence-electron chi connectivity index (χ0n) is 14.7. The Morgan fingerprint density at radius 2 is 1.42 bits per heavy atom. The third-order valence-corrected chi connectivity index (χ3v) is 3.62. The van der Waals surface area contributed by atoms with Crippen LogP contribution in [0.2, 0.25) is 0 Å². The third kappa shape index (κ3) is 7.25. The van der Waals surface area contributed by atoms with E-state index in [-0.39, 0.29) is 18.7 Å². The van der Waals surface area contributed by atoms with Crippen molar-refractivity contribution in [2.45, 2.75) is 26.3 Å². The van der Waals surface area contributed by atoms with E-state index < -0.39 is 5.97 Å². The Hall–Kier alpha value is -3.02. The van der Waals surface area contributed by atoms with Crippen LogP contribution in [0.4, 0.5) is 0 Å². The van der Waals surface area contributed by atoms with Gasteiger partial charge in [-0.05, 0) is 36.8 Å². The topological polar surface area (TPSA) is 84.9 Å². The second-order valence-electron chi connectivity index (χ2n) is 5.82. The first-order valence-corrected chi connectivity index (χ1v) is 8.42. The minimum Gasteiger partial charge on any atom is -0.490 e. The molecule has 6 heteroatoms. The second-order valence-corrected chi connectivity index (χ2v) is 5.82. The van der Waals surface area contributed by atoms with Crippen molar-refractivity contribution in [3.63, 3.8) is 0 Å². The van der Waals surface area contributed by atoms with E-state index in [1.54, 1.807) is 0 Å². The largest absolute Gasteiger partial charge is 0.490 e. The van der Waals surface area contributed by atoms with E-state index in [0.29, 0.717) is 19.8 Å². The van der Waals surface area contributed by atoms with Crippen LogP contribution in [0.1, 0.15) is 24.0 Å². The summed E-state index contributed by atoms with van der Waals surface area (Å²) >= 11 is 0. The predicted octanol–water partition coefficient (Wildman–Crippen LogP) is 2.93. The summed E-state index contributed by atoms with van der Waals surface area (Å²) in [6, 6.07) is 15.2. The number of aryl methyl sites for hydroxylation is 1. The van der Waals surface area contributed by atoms with Crippen molar-refractivity contribution >= 4 is 11.9 Å². The molecule has 0 saturated heterocycles. The van der Waals surface area contributed by atoms with Gasteiger partial charge < -0.3 is 19.9 Å². The first-order valence-electron chi connectivity index (χ1n) is 8.42. The number of rotatable bonds is 10. The lowest BCUT2D eigenvalue weighted by molar-refractivity contribution is -0.138. The molecular weight excluding hydrogens is 334 g/mol. The molecule has 2 rings (SSSR count). The van der Waals surface area contributed by atoms with Gasteiger partial charge in [0.15, 0.2) is 0 Å². The monoisotopic (exact) mass is 357 g/mol.